The number of halogens is 1. The second kappa shape index (κ2) is 5.62. The molecule has 110 valence electrons. The molecule has 1 heterocycles. The maximum atomic E-state index is 12.4. The van der Waals surface area contributed by atoms with E-state index in [4.69, 9.17) is 16.7 Å². The van der Waals surface area contributed by atoms with Gasteiger partial charge in [0.05, 0.1) is 5.56 Å². The van der Waals surface area contributed by atoms with Crippen LogP contribution in [0.5, 0.6) is 0 Å². The fourth-order valence-corrected chi connectivity index (χ4v) is 2.84. The molecule has 1 aromatic heterocycles. The lowest BCUT2D eigenvalue weighted by molar-refractivity contribution is 0.0942. The van der Waals surface area contributed by atoms with E-state index in [-0.39, 0.29) is 17.9 Å². The molecule has 0 atom stereocenters. The first kappa shape index (κ1) is 14.3. The van der Waals surface area contributed by atoms with Crippen LogP contribution < -0.4 is 5.32 Å². The van der Waals surface area contributed by atoms with Crippen molar-refractivity contribution in [3.05, 3.63) is 41.2 Å². The normalized spacial score (nSPS) is 15.9. The molecule has 0 unspecified atom stereocenters. The Kier molecular flexibility index (Phi) is 3.83. The second-order valence-corrected chi connectivity index (χ2v) is 6.02. The van der Waals surface area contributed by atoms with Crippen molar-refractivity contribution in [2.75, 3.05) is 13.2 Å². The lowest BCUT2D eigenvalue weighted by atomic mass is 10.0. The maximum Gasteiger partial charge on any atom is 0.253 e. The zero-order chi connectivity index (χ0) is 14.9. The lowest BCUT2D eigenvalue weighted by Gasteiger charge is -2.15. The number of nitrogens with zero attached hydrogens (tertiary/aromatic N) is 1. The topological polar surface area (TPSA) is 62.2 Å². The summed E-state index contributed by atoms with van der Waals surface area (Å²) in [6, 6.07) is 7.48. The number of hydrogen-bond donors (Lipinski definition) is 2. The third kappa shape index (κ3) is 2.87. The van der Waals surface area contributed by atoms with E-state index < -0.39 is 0 Å². The van der Waals surface area contributed by atoms with E-state index in [2.05, 4.69) is 10.3 Å². The number of hydrogen-bond acceptors (Lipinski definition) is 3. The molecule has 1 aliphatic rings. The van der Waals surface area contributed by atoms with Gasteiger partial charge in [0.25, 0.3) is 5.91 Å². The summed E-state index contributed by atoms with van der Waals surface area (Å²) in [4.78, 5) is 16.5. The number of nitrogens with one attached hydrogen (secondary N) is 1. The molecule has 2 N–H and O–H groups in total. The van der Waals surface area contributed by atoms with Crippen molar-refractivity contribution < 1.29 is 9.90 Å². The number of rotatable bonds is 5. The van der Waals surface area contributed by atoms with Crippen molar-refractivity contribution in [1.29, 1.82) is 0 Å². The van der Waals surface area contributed by atoms with Gasteiger partial charge in [-0.05, 0) is 30.1 Å². The Balaban J connectivity index is 1.81. The summed E-state index contributed by atoms with van der Waals surface area (Å²) in [5, 5.41) is 14.0. The Labute approximate surface area is 128 Å². The number of pyridine rings is 1. The van der Waals surface area contributed by atoms with E-state index in [1.807, 2.05) is 24.3 Å². The zero-order valence-electron chi connectivity index (χ0n) is 11.6. The highest BCUT2D eigenvalue weighted by Gasteiger charge is 2.41. The van der Waals surface area contributed by atoms with E-state index in [9.17, 15) is 4.79 Å². The quantitative estimate of drug-likeness (QED) is 0.835. The van der Waals surface area contributed by atoms with Crippen LogP contribution in [0.1, 0.15) is 29.6 Å². The largest absolute Gasteiger partial charge is 0.396 e. The average molecular weight is 305 g/mol. The van der Waals surface area contributed by atoms with Gasteiger partial charge in [0.1, 0.15) is 5.15 Å². The number of aliphatic hydroxyl groups excluding tert-OH is 1. The van der Waals surface area contributed by atoms with Gasteiger partial charge in [0.2, 0.25) is 0 Å². The summed E-state index contributed by atoms with van der Waals surface area (Å²) >= 11 is 6.06. The molecular formula is C16H17ClN2O2. The van der Waals surface area contributed by atoms with Crippen LogP contribution in [0.4, 0.5) is 0 Å². The maximum absolute atomic E-state index is 12.4. The minimum absolute atomic E-state index is 0.0973. The first-order chi connectivity index (χ1) is 10.2. The summed E-state index contributed by atoms with van der Waals surface area (Å²) in [6.07, 6.45) is 4.39. The average Bonchev–Trinajstić information content (AvgIpc) is 3.26. The molecule has 0 saturated heterocycles. The molecule has 3 rings (SSSR count). The highest BCUT2D eigenvalue weighted by Crippen LogP contribution is 2.47. The van der Waals surface area contributed by atoms with Crippen LogP contribution in [-0.2, 0) is 0 Å². The third-order valence-electron chi connectivity index (χ3n) is 4.21. The lowest BCUT2D eigenvalue weighted by Crippen LogP contribution is -2.31. The summed E-state index contributed by atoms with van der Waals surface area (Å²) in [7, 11) is 0. The van der Waals surface area contributed by atoms with E-state index in [1.54, 1.807) is 0 Å². The molecule has 1 aromatic carbocycles. The molecule has 2 aromatic rings. The number of fused-ring (bicyclic) bond motifs is 1. The number of benzene rings is 1. The summed E-state index contributed by atoms with van der Waals surface area (Å²) in [6.45, 7) is 0.769. The first-order valence-electron chi connectivity index (χ1n) is 7.07. The Morgan fingerprint density at radius 3 is 2.71 bits per heavy atom. The SMILES string of the molecule is O=C(NCC1(CCO)CC1)c1cnc(Cl)c2ccccc12. The number of carbonyl (C=O) groups excluding carboxylic acids is 1. The summed E-state index contributed by atoms with van der Waals surface area (Å²) < 4.78 is 0. The van der Waals surface area contributed by atoms with Crippen LogP contribution in [0.2, 0.25) is 5.15 Å². The van der Waals surface area contributed by atoms with Crippen molar-refractivity contribution in [2.45, 2.75) is 19.3 Å². The van der Waals surface area contributed by atoms with E-state index in [1.165, 1.54) is 6.20 Å². The van der Waals surface area contributed by atoms with Gasteiger partial charge in [0, 0.05) is 24.7 Å². The van der Waals surface area contributed by atoms with Crippen LogP contribution in [0, 0.1) is 5.41 Å². The Bertz CT molecular complexity index is 683. The molecule has 1 saturated carbocycles. The van der Waals surface area contributed by atoms with Crippen LogP contribution >= 0.6 is 11.6 Å². The molecule has 5 heteroatoms. The van der Waals surface area contributed by atoms with Crippen LogP contribution in [0.15, 0.2) is 30.5 Å². The van der Waals surface area contributed by atoms with Crippen molar-refractivity contribution in [3.63, 3.8) is 0 Å². The number of amides is 1. The molecule has 21 heavy (non-hydrogen) atoms. The van der Waals surface area contributed by atoms with Crippen LogP contribution in [0.3, 0.4) is 0 Å². The van der Waals surface area contributed by atoms with Crippen molar-refractivity contribution in [2.24, 2.45) is 5.41 Å². The molecular weight excluding hydrogens is 288 g/mol. The van der Waals surface area contributed by atoms with Gasteiger partial charge in [0.15, 0.2) is 0 Å². The van der Waals surface area contributed by atoms with E-state index in [0.717, 1.165) is 30.0 Å². The van der Waals surface area contributed by atoms with Gasteiger partial charge >= 0.3 is 0 Å². The molecule has 0 radical (unpaired) electrons. The molecule has 0 aliphatic heterocycles. The molecule has 4 nitrogen and oxygen atoms in total. The van der Waals surface area contributed by atoms with E-state index in [0.29, 0.717) is 17.3 Å². The predicted octanol–water partition coefficient (Wildman–Crippen LogP) is 2.78. The summed E-state index contributed by atoms with van der Waals surface area (Å²) in [5.74, 6) is -0.139. The minimum Gasteiger partial charge on any atom is -0.396 e. The second-order valence-electron chi connectivity index (χ2n) is 5.66. The zero-order valence-corrected chi connectivity index (χ0v) is 12.4. The van der Waals surface area contributed by atoms with Crippen LogP contribution in [-0.4, -0.2) is 29.1 Å². The van der Waals surface area contributed by atoms with Crippen molar-refractivity contribution >= 4 is 28.3 Å². The fourth-order valence-electron chi connectivity index (χ4n) is 2.63. The minimum atomic E-state index is -0.139. The standard InChI is InChI=1S/C16H17ClN2O2/c17-14-12-4-2-1-3-11(12)13(9-18-14)15(21)19-10-16(5-6-16)7-8-20/h1-4,9,20H,5-8,10H2,(H,19,21). The van der Waals surface area contributed by atoms with Gasteiger partial charge in [-0.15, -0.1) is 0 Å². The van der Waals surface area contributed by atoms with E-state index >= 15 is 0 Å². The molecule has 0 bridgehead atoms. The Morgan fingerprint density at radius 2 is 2.05 bits per heavy atom. The monoisotopic (exact) mass is 304 g/mol. The molecule has 1 aliphatic carbocycles. The van der Waals surface area contributed by atoms with Gasteiger partial charge in [-0.3, -0.25) is 4.79 Å². The smallest absolute Gasteiger partial charge is 0.253 e. The van der Waals surface area contributed by atoms with Gasteiger partial charge in [-0.1, -0.05) is 35.9 Å². The van der Waals surface area contributed by atoms with Crippen LogP contribution in [0.25, 0.3) is 10.8 Å². The number of carbonyl (C=O) groups is 1. The van der Waals surface area contributed by atoms with Gasteiger partial charge in [-0.25, -0.2) is 4.98 Å². The Morgan fingerprint density at radius 1 is 1.33 bits per heavy atom. The molecule has 1 amide bonds. The van der Waals surface area contributed by atoms with Crippen molar-refractivity contribution in [1.82, 2.24) is 10.3 Å². The molecule has 0 spiro atoms. The third-order valence-corrected chi connectivity index (χ3v) is 4.52. The highest BCUT2D eigenvalue weighted by atomic mass is 35.5. The molecule has 1 fully saturated rings. The number of aromatic nitrogens is 1. The van der Waals surface area contributed by atoms with Crippen molar-refractivity contribution in [3.8, 4) is 0 Å². The van der Waals surface area contributed by atoms with Gasteiger partial charge < -0.3 is 10.4 Å². The Hall–Kier alpha value is -1.65. The fraction of sp³-hybridized carbons (Fsp3) is 0.375. The van der Waals surface area contributed by atoms with Gasteiger partial charge in [-0.2, -0.15) is 0 Å². The predicted molar refractivity (Wildman–Crippen MR) is 82.5 cm³/mol. The first-order valence-corrected chi connectivity index (χ1v) is 7.45. The number of aliphatic hydroxyl groups is 1. The highest BCUT2D eigenvalue weighted by molar-refractivity contribution is 6.34. The summed E-state index contributed by atoms with van der Waals surface area (Å²) in [5.41, 5.74) is 0.634.